The fraction of sp³-hybridized carbons (Fsp3) is 0.409. The van der Waals surface area contributed by atoms with Crippen LogP contribution in [0.2, 0.25) is 5.02 Å². The Bertz CT molecular complexity index is 991. The van der Waals surface area contributed by atoms with Crippen molar-refractivity contribution < 1.29 is 23.1 Å². The maximum atomic E-state index is 12.5. The summed E-state index contributed by atoms with van der Waals surface area (Å²) in [6.07, 6.45) is 0.642. The van der Waals surface area contributed by atoms with E-state index < -0.39 is 16.1 Å². The summed E-state index contributed by atoms with van der Waals surface area (Å²) in [5.41, 5.74) is 0.681. The molecular formula is C22H28ClN3O5S. The molecule has 1 unspecified atom stereocenters. The molecule has 3 rings (SSSR count). The van der Waals surface area contributed by atoms with Crippen LogP contribution in [0.1, 0.15) is 19.8 Å². The van der Waals surface area contributed by atoms with Gasteiger partial charge in [-0.2, -0.15) is 0 Å². The zero-order chi connectivity index (χ0) is 23.1. The van der Waals surface area contributed by atoms with Crippen LogP contribution < -0.4 is 14.8 Å². The van der Waals surface area contributed by atoms with Crippen LogP contribution in [0.4, 0.5) is 5.69 Å². The minimum absolute atomic E-state index is 0.141. The molecule has 0 bridgehead atoms. The van der Waals surface area contributed by atoms with Gasteiger partial charge in [-0.1, -0.05) is 11.6 Å². The van der Waals surface area contributed by atoms with E-state index in [0.717, 1.165) is 0 Å². The van der Waals surface area contributed by atoms with Gasteiger partial charge >= 0.3 is 0 Å². The number of benzene rings is 2. The van der Waals surface area contributed by atoms with Crippen LogP contribution in [-0.4, -0.2) is 62.7 Å². The Balaban J connectivity index is 1.39. The van der Waals surface area contributed by atoms with E-state index in [1.165, 1.54) is 19.1 Å². The van der Waals surface area contributed by atoms with Gasteiger partial charge in [0.15, 0.2) is 0 Å². The number of halogens is 1. The van der Waals surface area contributed by atoms with Crippen LogP contribution in [-0.2, 0) is 14.8 Å². The van der Waals surface area contributed by atoms with Gasteiger partial charge in [-0.25, -0.2) is 13.1 Å². The number of nitrogens with zero attached hydrogens (tertiary/aromatic N) is 1. The number of aliphatic hydroxyl groups is 1. The largest absolute Gasteiger partial charge is 0.491 e. The molecule has 0 spiro atoms. The van der Waals surface area contributed by atoms with Crippen LogP contribution in [0, 0.1) is 0 Å². The fourth-order valence-corrected chi connectivity index (χ4v) is 4.95. The third kappa shape index (κ3) is 7.46. The summed E-state index contributed by atoms with van der Waals surface area (Å²) < 4.78 is 33.4. The zero-order valence-corrected chi connectivity index (χ0v) is 19.4. The monoisotopic (exact) mass is 481 g/mol. The van der Waals surface area contributed by atoms with Crippen molar-refractivity contribution in [1.82, 2.24) is 9.62 Å². The second-order valence-corrected chi connectivity index (χ2v) is 9.97. The summed E-state index contributed by atoms with van der Waals surface area (Å²) in [4.78, 5) is 13.3. The maximum Gasteiger partial charge on any atom is 0.240 e. The lowest BCUT2D eigenvalue weighted by Gasteiger charge is -2.33. The zero-order valence-electron chi connectivity index (χ0n) is 17.8. The highest BCUT2D eigenvalue weighted by Crippen LogP contribution is 2.18. The Morgan fingerprint density at radius 1 is 1.16 bits per heavy atom. The topological polar surface area (TPSA) is 108 Å². The molecule has 0 radical (unpaired) electrons. The van der Waals surface area contributed by atoms with Crippen molar-refractivity contribution >= 4 is 33.2 Å². The van der Waals surface area contributed by atoms with Crippen molar-refractivity contribution in [3.05, 3.63) is 53.6 Å². The van der Waals surface area contributed by atoms with Crippen LogP contribution in [0.15, 0.2) is 53.4 Å². The molecule has 1 saturated heterocycles. The van der Waals surface area contributed by atoms with Crippen molar-refractivity contribution in [2.24, 2.45) is 0 Å². The first-order chi connectivity index (χ1) is 15.2. The number of β-amino-alcohol motifs (C(OH)–C–C–N with tert-alkyl or cyclic N) is 1. The number of rotatable bonds is 9. The molecule has 1 aliphatic rings. The number of nitrogens with one attached hydrogen (secondary N) is 2. The molecule has 1 aliphatic heterocycles. The minimum atomic E-state index is -3.59. The molecule has 10 heteroatoms. The molecule has 2 aromatic rings. The Hall–Kier alpha value is -2.17. The quantitative estimate of drug-likeness (QED) is 0.508. The third-order valence-electron chi connectivity index (χ3n) is 5.12. The molecule has 3 N–H and O–H groups in total. The van der Waals surface area contributed by atoms with Gasteiger partial charge in [-0.3, -0.25) is 4.79 Å². The van der Waals surface area contributed by atoms with Gasteiger partial charge in [0.1, 0.15) is 18.5 Å². The molecule has 2 aromatic carbocycles. The van der Waals surface area contributed by atoms with Crippen molar-refractivity contribution in [3.8, 4) is 5.75 Å². The highest BCUT2D eigenvalue weighted by Gasteiger charge is 2.25. The van der Waals surface area contributed by atoms with Gasteiger partial charge in [0.25, 0.3) is 0 Å². The predicted octanol–water partition coefficient (Wildman–Crippen LogP) is 2.48. The number of carbonyl (C=O) groups excluding carboxylic acids is 1. The number of likely N-dealkylation sites (tertiary alicyclic amines) is 1. The first-order valence-electron chi connectivity index (χ1n) is 10.4. The van der Waals surface area contributed by atoms with E-state index in [1.807, 2.05) is 0 Å². The number of hydrogen-bond donors (Lipinski definition) is 3. The molecule has 8 nitrogen and oxygen atoms in total. The maximum absolute atomic E-state index is 12.5. The first kappa shape index (κ1) is 24.5. The summed E-state index contributed by atoms with van der Waals surface area (Å²) in [6.45, 7) is 3.38. The highest BCUT2D eigenvalue weighted by molar-refractivity contribution is 7.89. The summed E-state index contributed by atoms with van der Waals surface area (Å²) in [7, 11) is -3.59. The fourth-order valence-electron chi connectivity index (χ4n) is 3.52. The van der Waals surface area contributed by atoms with Crippen LogP contribution in [0.3, 0.4) is 0 Å². The first-order valence-corrected chi connectivity index (χ1v) is 12.3. The van der Waals surface area contributed by atoms with E-state index in [9.17, 15) is 18.3 Å². The second kappa shape index (κ2) is 11.1. The average molecular weight is 482 g/mol. The van der Waals surface area contributed by atoms with Gasteiger partial charge in [0.2, 0.25) is 15.9 Å². The normalized spacial score (nSPS) is 16.5. The number of aliphatic hydroxyl groups excluding tert-OH is 1. The van der Waals surface area contributed by atoms with Crippen molar-refractivity contribution in [1.29, 1.82) is 0 Å². The number of piperidine rings is 1. The Morgan fingerprint density at radius 3 is 2.38 bits per heavy atom. The molecule has 0 saturated carbocycles. The third-order valence-corrected chi connectivity index (χ3v) is 6.91. The molecular weight excluding hydrogens is 454 g/mol. The van der Waals surface area contributed by atoms with E-state index >= 15 is 0 Å². The van der Waals surface area contributed by atoms with Gasteiger partial charge < -0.3 is 20.1 Å². The SMILES string of the molecule is CC(=O)Nc1ccc(OCC(O)CN2CCC(NS(=O)(=O)c3ccc(Cl)cc3)CC2)cc1. The van der Waals surface area contributed by atoms with Crippen LogP contribution in [0.25, 0.3) is 0 Å². The highest BCUT2D eigenvalue weighted by atomic mass is 35.5. The lowest BCUT2D eigenvalue weighted by atomic mass is 10.1. The molecule has 1 heterocycles. The lowest BCUT2D eigenvalue weighted by Crippen LogP contribution is -2.47. The van der Waals surface area contributed by atoms with Gasteiger partial charge in [0, 0.05) is 30.2 Å². The van der Waals surface area contributed by atoms with Crippen molar-refractivity contribution in [2.75, 3.05) is 31.6 Å². The molecule has 0 aromatic heterocycles. The number of hydrogen-bond acceptors (Lipinski definition) is 6. The Labute approximate surface area is 193 Å². The lowest BCUT2D eigenvalue weighted by molar-refractivity contribution is -0.114. The minimum Gasteiger partial charge on any atom is -0.491 e. The Kier molecular flexibility index (Phi) is 8.50. The van der Waals surface area contributed by atoms with E-state index in [2.05, 4.69) is 14.9 Å². The van der Waals surface area contributed by atoms with Crippen molar-refractivity contribution in [2.45, 2.75) is 36.8 Å². The summed E-state index contributed by atoms with van der Waals surface area (Å²) >= 11 is 5.83. The summed E-state index contributed by atoms with van der Waals surface area (Å²) in [5, 5.41) is 13.5. The molecule has 0 aliphatic carbocycles. The van der Waals surface area contributed by atoms with E-state index in [0.29, 0.717) is 48.9 Å². The number of carbonyl (C=O) groups is 1. The predicted molar refractivity (Wildman–Crippen MR) is 123 cm³/mol. The van der Waals surface area contributed by atoms with E-state index in [1.54, 1.807) is 36.4 Å². The molecule has 1 amide bonds. The van der Waals surface area contributed by atoms with Gasteiger partial charge in [-0.15, -0.1) is 0 Å². The van der Waals surface area contributed by atoms with Gasteiger partial charge in [0.05, 0.1) is 4.90 Å². The molecule has 1 atom stereocenters. The number of sulfonamides is 1. The van der Waals surface area contributed by atoms with Crippen LogP contribution >= 0.6 is 11.6 Å². The second-order valence-electron chi connectivity index (χ2n) is 7.82. The molecule has 32 heavy (non-hydrogen) atoms. The van der Waals surface area contributed by atoms with Gasteiger partial charge in [-0.05, 0) is 74.5 Å². The average Bonchev–Trinajstić information content (AvgIpc) is 2.74. The molecule has 174 valence electrons. The number of anilines is 1. The summed E-state index contributed by atoms with van der Waals surface area (Å²) in [5.74, 6) is 0.462. The Morgan fingerprint density at radius 2 is 1.78 bits per heavy atom. The smallest absolute Gasteiger partial charge is 0.240 e. The standard InChI is InChI=1S/C22H28ClN3O5S/c1-16(27)24-18-4-6-21(7-5-18)31-15-20(28)14-26-12-10-19(11-13-26)25-32(29,30)22-8-2-17(23)3-9-22/h2-9,19-20,25,28H,10-15H2,1H3,(H,24,27). The number of amides is 1. The van der Waals surface area contributed by atoms with E-state index in [-0.39, 0.29) is 23.5 Å². The van der Waals surface area contributed by atoms with E-state index in [4.69, 9.17) is 16.3 Å². The van der Waals surface area contributed by atoms with Crippen molar-refractivity contribution in [3.63, 3.8) is 0 Å². The molecule has 1 fully saturated rings. The van der Waals surface area contributed by atoms with Crippen LogP contribution in [0.5, 0.6) is 5.75 Å². The number of ether oxygens (including phenoxy) is 1. The summed E-state index contributed by atoms with van der Waals surface area (Å²) in [6, 6.07) is 12.9.